The topological polar surface area (TPSA) is 90.7 Å². The minimum atomic E-state index is -0.445. The molecule has 1 fully saturated rings. The molecule has 0 atom stereocenters. The molecule has 0 aromatic carbocycles. The summed E-state index contributed by atoms with van der Waals surface area (Å²) in [5.74, 6) is 5.17. The third-order valence-corrected chi connectivity index (χ3v) is 4.54. The summed E-state index contributed by atoms with van der Waals surface area (Å²) in [7, 11) is 3.01. The first kappa shape index (κ1) is 14.8. The van der Waals surface area contributed by atoms with Gasteiger partial charge < -0.3 is 13.7 Å². The Hall–Kier alpha value is -2.10. The molecule has 1 amide bonds. The van der Waals surface area contributed by atoms with E-state index < -0.39 is 5.97 Å². The number of hydrogen-bond donors (Lipinski definition) is 1. The van der Waals surface area contributed by atoms with E-state index in [9.17, 15) is 9.59 Å². The number of thioether (sulfide) groups is 1. The highest BCUT2D eigenvalue weighted by Gasteiger charge is 2.30. The molecule has 2 aromatic heterocycles. The SMILES string of the molecule is COC(=O)c1cc2cc(C=C3SC(=S)N(N)C3=O)oc2n1C. The highest BCUT2D eigenvalue weighted by molar-refractivity contribution is 8.26. The zero-order valence-electron chi connectivity index (χ0n) is 11.7. The average Bonchev–Trinajstić information content (AvgIpc) is 3.10. The lowest BCUT2D eigenvalue weighted by Gasteiger charge is -2.02. The van der Waals surface area contributed by atoms with Crippen LogP contribution in [0.3, 0.4) is 0 Å². The van der Waals surface area contributed by atoms with E-state index in [0.717, 1.165) is 22.2 Å². The normalized spacial score (nSPS) is 17.0. The van der Waals surface area contributed by atoms with Gasteiger partial charge in [0.25, 0.3) is 5.91 Å². The third kappa shape index (κ3) is 2.23. The van der Waals surface area contributed by atoms with Crippen molar-refractivity contribution in [2.75, 3.05) is 7.11 Å². The Kier molecular flexibility index (Phi) is 3.55. The lowest BCUT2D eigenvalue weighted by atomic mass is 10.3. The molecule has 2 aromatic rings. The summed E-state index contributed by atoms with van der Waals surface area (Å²) < 4.78 is 12.2. The summed E-state index contributed by atoms with van der Waals surface area (Å²) in [6, 6.07) is 3.39. The van der Waals surface area contributed by atoms with Crippen molar-refractivity contribution in [3.63, 3.8) is 0 Å². The fraction of sp³-hybridized carbons (Fsp3) is 0.154. The van der Waals surface area contributed by atoms with Gasteiger partial charge in [-0.15, -0.1) is 0 Å². The number of thiocarbonyl (C=S) groups is 1. The van der Waals surface area contributed by atoms with Gasteiger partial charge in [0.05, 0.1) is 12.0 Å². The predicted molar refractivity (Wildman–Crippen MR) is 85.7 cm³/mol. The quantitative estimate of drug-likeness (QED) is 0.293. The molecule has 114 valence electrons. The fourth-order valence-corrected chi connectivity index (χ4v) is 3.20. The highest BCUT2D eigenvalue weighted by Crippen LogP contribution is 2.32. The Morgan fingerprint density at radius 2 is 2.23 bits per heavy atom. The molecule has 0 saturated carbocycles. The van der Waals surface area contributed by atoms with E-state index in [1.165, 1.54) is 7.11 Å². The number of hydrazine groups is 1. The van der Waals surface area contributed by atoms with Gasteiger partial charge in [-0.3, -0.25) is 4.79 Å². The van der Waals surface area contributed by atoms with Gasteiger partial charge in [-0.05, 0) is 12.1 Å². The van der Waals surface area contributed by atoms with Crippen LogP contribution in [0, 0.1) is 0 Å². The van der Waals surface area contributed by atoms with Gasteiger partial charge in [-0.2, -0.15) is 0 Å². The molecule has 1 saturated heterocycles. The standard InChI is InChI=1S/C13H11N3O4S2/c1-15-8(12(18)19-2)4-6-3-7(20-11(6)15)5-9-10(17)16(14)13(21)22-9/h3-5H,14H2,1-2H3. The van der Waals surface area contributed by atoms with E-state index in [1.807, 2.05) is 0 Å². The van der Waals surface area contributed by atoms with E-state index in [1.54, 1.807) is 29.8 Å². The molecule has 22 heavy (non-hydrogen) atoms. The minimum absolute atomic E-state index is 0.292. The van der Waals surface area contributed by atoms with E-state index in [-0.39, 0.29) is 5.91 Å². The summed E-state index contributed by atoms with van der Waals surface area (Å²) in [5.41, 5.74) is 0.894. The van der Waals surface area contributed by atoms with Gasteiger partial charge in [-0.1, -0.05) is 24.0 Å². The lowest BCUT2D eigenvalue weighted by Crippen LogP contribution is -2.34. The molecule has 2 N–H and O–H groups in total. The Bertz CT molecular complexity index is 849. The van der Waals surface area contributed by atoms with Gasteiger partial charge in [0.1, 0.15) is 11.5 Å². The maximum atomic E-state index is 11.8. The Balaban J connectivity index is 1.99. The number of nitrogens with two attached hydrogens (primary N) is 1. The number of nitrogens with zero attached hydrogens (tertiary/aromatic N) is 2. The van der Waals surface area contributed by atoms with Crippen LogP contribution in [0.15, 0.2) is 21.5 Å². The van der Waals surface area contributed by atoms with E-state index in [4.69, 9.17) is 27.2 Å². The van der Waals surface area contributed by atoms with Crippen molar-refractivity contribution in [1.82, 2.24) is 9.58 Å². The zero-order chi connectivity index (χ0) is 16.0. The largest absolute Gasteiger partial charge is 0.464 e. The Morgan fingerprint density at radius 3 is 2.77 bits per heavy atom. The maximum absolute atomic E-state index is 11.8. The van der Waals surface area contributed by atoms with Crippen molar-refractivity contribution in [3.8, 4) is 0 Å². The van der Waals surface area contributed by atoms with Crippen LogP contribution in [-0.2, 0) is 16.6 Å². The van der Waals surface area contributed by atoms with Crippen molar-refractivity contribution in [2.24, 2.45) is 12.9 Å². The molecule has 0 aliphatic carbocycles. The first-order chi connectivity index (χ1) is 10.4. The molecule has 7 nitrogen and oxygen atoms in total. The monoisotopic (exact) mass is 337 g/mol. The molecule has 0 spiro atoms. The summed E-state index contributed by atoms with van der Waals surface area (Å²) in [6.45, 7) is 0. The smallest absolute Gasteiger partial charge is 0.354 e. The first-order valence-electron chi connectivity index (χ1n) is 6.12. The second-order valence-electron chi connectivity index (χ2n) is 4.54. The molecule has 0 unspecified atom stereocenters. The fourth-order valence-electron chi connectivity index (χ4n) is 2.11. The van der Waals surface area contributed by atoms with Crippen molar-refractivity contribution in [3.05, 3.63) is 28.5 Å². The molecule has 0 bridgehead atoms. The number of esters is 1. The number of furan rings is 1. The molecular formula is C13H11N3O4S2. The van der Waals surface area contributed by atoms with Crippen LogP contribution in [0.5, 0.6) is 0 Å². The number of amides is 1. The summed E-state index contributed by atoms with van der Waals surface area (Å²) >= 11 is 6.06. The first-order valence-corrected chi connectivity index (χ1v) is 7.35. The molecule has 3 heterocycles. The minimum Gasteiger partial charge on any atom is -0.464 e. The van der Waals surface area contributed by atoms with E-state index in [0.29, 0.717) is 26.4 Å². The number of carbonyl (C=O) groups is 2. The van der Waals surface area contributed by atoms with Crippen LogP contribution in [0.1, 0.15) is 16.2 Å². The number of fused-ring (bicyclic) bond motifs is 1. The molecular weight excluding hydrogens is 326 g/mol. The van der Waals surface area contributed by atoms with Gasteiger partial charge >= 0.3 is 5.97 Å². The van der Waals surface area contributed by atoms with Crippen LogP contribution in [0.2, 0.25) is 0 Å². The van der Waals surface area contributed by atoms with E-state index in [2.05, 4.69) is 0 Å². The molecule has 0 radical (unpaired) electrons. The highest BCUT2D eigenvalue weighted by atomic mass is 32.2. The van der Waals surface area contributed by atoms with Gasteiger partial charge in [-0.25, -0.2) is 15.6 Å². The molecule has 1 aliphatic rings. The number of methoxy groups -OCH3 is 1. The zero-order valence-corrected chi connectivity index (χ0v) is 13.3. The van der Waals surface area contributed by atoms with Crippen LogP contribution in [0.4, 0.5) is 0 Å². The average molecular weight is 337 g/mol. The predicted octanol–water partition coefficient (Wildman–Crippen LogP) is 1.63. The van der Waals surface area contributed by atoms with Gasteiger partial charge in [0.2, 0.25) is 5.71 Å². The second kappa shape index (κ2) is 5.27. The number of hydrogen-bond acceptors (Lipinski definition) is 7. The number of carbonyl (C=O) groups excluding carboxylic acids is 2. The van der Waals surface area contributed by atoms with Gasteiger partial charge in [0, 0.05) is 18.5 Å². The second-order valence-corrected chi connectivity index (χ2v) is 6.22. The lowest BCUT2D eigenvalue weighted by molar-refractivity contribution is -0.122. The van der Waals surface area contributed by atoms with Crippen LogP contribution < -0.4 is 5.84 Å². The van der Waals surface area contributed by atoms with Crippen molar-refractivity contribution >= 4 is 57.4 Å². The van der Waals surface area contributed by atoms with Crippen molar-refractivity contribution < 1.29 is 18.7 Å². The van der Waals surface area contributed by atoms with Crippen molar-refractivity contribution in [1.29, 1.82) is 0 Å². The summed E-state index contributed by atoms with van der Waals surface area (Å²) in [6.07, 6.45) is 1.57. The Labute approximate surface area is 134 Å². The van der Waals surface area contributed by atoms with Crippen LogP contribution >= 0.6 is 24.0 Å². The number of aryl methyl sites for hydroxylation is 1. The molecule has 9 heteroatoms. The Morgan fingerprint density at radius 1 is 1.50 bits per heavy atom. The molecule has 3 rings (SSSR count). The summed E-state index contributed by atoms with van der Waals surface area (Å²) in [5, 5.41) is 1.65. The molecule has 1 aliphatic heterocycles. The number of aromatic nitrogens is 1. The number of rotatable bonds is 2. The maximum Gasteiger partial charge on any atom is 0.354 e. The van der Waals surface area contributed by atoms with Crippen LogP contribution in [0.25, 0.3) is 17.2 Å². The van der Waals surface area contributed by atoms with E-state index >= 15 is 0 Å². The van der Waals surface area contributed by atoms with Crippen molar-refractivity contribution in [2.45, 2.75) is 0 Å². The summed E-state index contributed by atoms with van der Waals surface area (Å²) in [4.78, 5) is 23.8. The number of ether oxygens (including phenoxy) is 1. The van der Waals surface area contributed by atoms with Crippen LogP contribution in [-0.4, -0.2) is 32.9 Å². The van der Waals surface area contributed by atoms with Gasteiger partial charge in [0.15, 0.2) is 4.32 Å². The third-order valence-electron chi connectivity index (χ3n) is 3.21.